The monoisotopic (exact) mass is 417 g/mol. The van der Waals surface area contributed by atoms with Crippen LogP contribution in [0, 0.1) is 46.3 Å². The van der Waals surface area contributed by atoms with E-state index in [4.69, 9.17) is 0 Å². The molecule has 0 saturated heterocycles. The van der Waals surface area contributed by atoms with Crippen LogP contribution in [0.4, 0.5) is 0 Å². The number of hydrogen-bond donors (Lipinski definition) is 2. The van der Waals surface area contributed by atoms with Crippen molar-refractivity contribution >= 4 is 5.71 Å². The van der Waals surface area contributed by atoms with E-state index in [1.165, 1.54) is 51.4 Å². The molecule has 0 unspecified atom stereocenters. The zero-order chi connectivity index (χ0) is 21.7. The average Bonchev–Trinajstić information content (AvgIpc) is 3.05. The van der Waals surface area contributed by atoms with Gasteiger partial charge in [0, 0.05) is 5.41 Å². The highest BCUT2D eigenvalue weighted by atomic mass is 16.4. The Morgan fingerprint density at radius 3 is 2.40 bits per heavy atom. The lowest BCUT2D eigenvalue weighted by atomic mass is 9.42. The molecular formula is C27H47NO2. The van der Waals surface area contributed by atoms with Gasteiger partial charge in [0.1, 0.15) is 5.60 Å². The van der Waals surface area contributed by atoms with E-state index in [1.54, 1.807) is 0 Å². The summed E-state index contributed by atoms with van der Waals surface area (Å²) < 4.78 is 0. The van der Waals surface area contributed by atoms with Crippen LogP contribution in [0.1, 0.15) is 112 Å². The fraction of sp³-hybridized carbons (Fsp3) is 0.963. The summed E-state index contributed by atoms with van der Waals surface area (Å²) in [5, 5.41) is 25.4. The lowest BCUT2D eigenvalue weighted by molar-refractivity contribution is -0.153. The van der Waals surface area contributed by atoms with E-state index in [0.717, 1.165) is 49.4 Å². The van der Waals surface area contributed by atoms with Gasteiger partial charge in [-0.3, -0.25) is 0 Å². The molecule has 3 nitrogen and oxygen atoms in total. The topological polar surface area (TPSA) is 52.8 Å². The zero-order valence-corrected chi connectivity index (χ0v) is 20.3. The summed E-state index contributed by atoms with van der Waals surface area (Å²) in [6, 6.07) is 0. The van der Waals surface area contributed by atoms with Gasteiger partial charge in [0.2, 0.25) is 0 Å². The van der Waals surface area contributed by atoms with Gasteiger partial charge in [-0.2, -0.15) is 0 Å². The fourth-order valence-electron chi connectivity index (χ4n) is 9.23. The van der Waals surface area contributed by atoms with Crippen LogP contribution in [0.5, 0.6) is 0 Å². The van der Waals surface area contributed by atoms with Gasteiger partial charge < -0.3 is 10.3 Å². The summed E-state index contributed by atoms with van der Waals surface area (Å²) in [6.07, 6.45) is 14.3. The molecule has 3 heteroatoms. The van der Waals surface area contributed by atoms with Gasteiger partial charge in [-0.15, -0.1) is 0 Å². The number of nitrogens with zero attached hydrogens (tertiary/aromatic N) is 1. The van der Waals surface area contributed by atoms with Crippen molar-refractivity contribution in [1.82, 2.24) is 0 Å². The first-order valence-electron chi connectivity index (χ1n) is 13.1. The van der Waals surface area contributed by atoms with Crippen LogP contribution in [0.3, 0.4) is 0 Å². The Bertz CT molecular complexity index is 659. The molecular weight excluding hydrogens is 370 g/mol. The summed E-state index contributed by atoms with van der Waals surface area (Å²) in [7, 11) is 0. The van der Waals surface area contributed by atoms with Gasteiger partial charge in [0.05, 0.1) is 5.71 Å². The van der Waals surface area contributed by atoms with E-state index in [-0.39, 0.29) is 5.41 Å². The van der Waals surface area contributed by atoms with Crippen LogP contribution >= 0.6 is 0 Å². The van der Waals surface area contributed by atoms with Gasteiger partial charge in [0.15, 0.2) is 0 Å². The van der Waals surface area contributed by atoms with E-state index in [1.807, 2.05) is 0 Å². The maximum Gasteiger partial charge on any atom is 0.112 e. The Kier molecular flexibility index (Phi) is 6.10. The molecule has 0 bridgehead atoms. The Morgan fingerprint density at radius 2 is 1.70 bits per heavy atom. The maximum absolute atomic E-state index is 11.7. The molecule has 2 N–H and O–H groups in total. The summed E-state index contributed by atoms with van der Waals surface area (Å²) in [5.74, 6) is 4.37. The molecule has 0 amide bonds. The zero-order valence-electron chi connectivity index (χ0n) is 20.3. The first-order chi connectivity index (χ1) is 14.2. The molecule has 4 fully saturated rings. The third kappa shape index (κ3) is 3.28. The van der Waals surface area contributed by atoms with Crippen molar-refractivity contribution in [3.63, 3.8) is 0 Å². The van der Waals surface area contributed by atoms with Gasteiger partial charge in [-0.25, -0.2) is 0 Å². The fourth-order valence-corrected chi connectivity index (χ4v) is 9.23. The third-order valence-corrected chi connectivity index (χ3v) is 10.9. The highest BCUT2D eigenvalue weighted by Gasteiger charge is 2.66. The minimum atomic E-state index is -0.878. The van der Waals surface area contributed by atoms with Crippen molar-refractivity contribution in [3.8, 4) is 0 Å². The number of hydrogen-bond acceptors (Lipinski definition) is 3. The number of aliphatic hydroxyl groups is 1. The second kappa shape index (κ2) is 8.09. The van der Waals surface area contributed by atoms with E-state index >= 15 is 0 Å². The summed E-state index contributed by atoms with van der Waals surface area (Å²) in [5.41, 5.74) is 0.151. The Balaban J connectivity index is 1.56. The van der Waals surface area contributed by atoms with Crippen molar-refractivity contribution < 1.29 is 10.3 Å². The lowest BCUT2D eigenvalue weighted by Crippen LogP contribution is -2.65. The molecule has 30 heavy (non-hydrogen) atoms. The lowest BCUT2D eigenvalue weighted by Gasteiger charge is -2.63. The third-order valence-electron chi connectivity index (χ3n) is 10.9. The van der Waals surface area contributed by atoms with E-state index < -0.39 is 5.60 Å². The molecule has 4 saturated carbocycles. The minimum absolute atomic E-state index is 0.113. The quantitative estimate of drug-likeness (QED) is 0.372. The molecule has 4 aliphatic rings. The second-order valence-corrected chi connectivity index (χ2v) is 12.6. The number of rotatable bonds is 5. The van der Waals surface area contributed by atoms with Crippen molar-refractivity contribution in [1.29, 1.82) is 0 Å². The number of fused-ring (bicyclic) bond motifs is 5. The van der Waals surface area contributed by atoms with Gasteiger partial charge in [-0.05, 0) is 85.9 Å². The van der Waals surface area contributed by atoms with Crippen LogP contribution in [0.15, 0.2) is 5.16 Å². The van der Waals surface area contributed by atoms with Crippen LogP contribution in [-0.2, 0) is 0 Å². The molecule has 0 aromatic heterocycles. The van der Waals surface area contributed by atoms with Crippen molar-refractivity contribution in [3.05, 3.63) is 0 Å². The van der Waals surface area contributed by atoms with Gasteiger partial charge in [-0.1, -0.05) is 71.9 Å². The van der Waals surface area contributed by atoms with Crippen molar-refractivity contribution in [2.24, 2.45) is 51.5 Å². The normalized spacial score (nSPS) is 48.3. The Labute approximate surface area is 185 Å². The van der Waals surface area contributed by atoms with Crippen molar-refractivity contribution in [2.75, 3.05) is 0 Å². The highest BCUT2D eigenvalue weighted by molar-refractivity contribution is 5.94. The van der Waals surface area contributed by atoms with Crippen LogP contribution in [0.25, 0.3) is 0 Å². The highest BCUT2D eigenvalue weighted by Crippen LogP contribution is 2.68. The summed E-state index contributed by atoms with van der Waals surface area (Å²) >= 11 is 0. The summed E-state index contributed by atoms with van der Waals surface area (Å²) in [6.45, 7) is 12.1. The molecule has 0 radical (unpaired) electrons. The molecule has 0 heterocycles. The van der Waals surface area contributed by atoms with Crippen LogP contribution in [-0.4, -0.2) is 21.6 Å². The Hall–Kier alpha value is -0.570. The standard InChI is InChI=1S/C27H47NO2/c1-18(2)9-8-10-19(3)21-11-12-22-20-17-24(28-30)27(29)15-7-6-14-26(27,5)23(20)13-16-25(21,22)4/h18-23,29-30H,6-17H2,1-5H3/t19-,20+,21-,22+,23+,25-,26-,27+/m1/s1. The van der Waals surface area contributed by atoms with Crippen molar-refractivity contribution in [2.45, 2.75) is 117 Å². The SMILES string of the molecule is CC(C)CCC[C@@H](C)[C@H]1CC[C@H]2[C@@H]3CC(=NO)[C@@]4(O)CCCC[C@]4(C)[C@H]3CC[C@]12C. The molecule has 8 atom stereocenters. The first kappa shape index (κ1) is 22.6. The van der Waals surface area contributed by atoms with E-state index in [2.05, 4.69) is 39.8 Å². The second-order valence-electron chi connectivity index (χ2n) is 12.6. The van der Waals surface area contributed by atoms with E-state index in [0.29, 0.717) is 23.0 Å². The van der Waals surface area contributed by atoms with E-state index in [9.17, 15) is 10.3 Å². The van der Waals surface area contributed by atoms with Gasteiger partial charge in [0.25, 0.3) is 0 Å². The first-order valence-corrected chi connectivity index (χ1v) is 13.1. The maximum atomic E-state index is 11.7. The summed E-state index contributed by atoms with van der Waals surface area (Å²) in [4.78, 5) is 0. The smallest absolute Gasteiger partial charge is 0.112 e. The minimum Gasteiger partial charge on any atom is -0.411 e. The predicted octanol–water partition coefficient (Wildman–Crippen LogP) is 7.05. The number of oxime groups is 1. The largest absolute Gasteiger partial charge is 0.411 e. The average molecular weight is 418 g/mol. The molecule has 4 aliphatic carbocycles. The molecule has 4 rings (SSSR count). The molecule has 0 aliphatic heterocycles. The van der Waals surface area contributed by atoms with Crippen LogP contribution < -0.4 is 0 Å². The Morgan fingerprint density at radius 1 is 0.967 bits per heavy atom. The molecule has 0 aromatic rings. The predicted molar refractivity (Wildman–Crippen MR) is 124 cm³/mol. The molecule has 0 aromatic carbocycles. The molecule has 172 valence electrons. The van der Waals surface area contributed by atoms with Gasteiger partial charge >= 0.3 is 0 Å². The molecule has 0 spiro atoms. The van der Waals surface area contributed by atoms with Crippen LogP contribution in [0.2, 0.25) is 0 Å².